The van der Waals surface area contributed by atoms with E-state index in [2.05, 4.69) is 15.4 Å². The molecule has 3 rings (SSSR count). The van der Waals surface area contributed by atoms with E-state index in [0.717, 1.165) is 11.0 Å². The molecule has 27 heavy (non-hydrogen) atoms. The molecule has 0 aliphatic rings. The Morgan fingerprint density at radius 3 is 2.41 bits per heavy atom. The van der Waals surface area contributed by atoms with Gasteiger partial charge in [-0.25, -0.2) is 4.39 Å². The fourth-order valence-electron chi connectivity index (χ4n) is 2.86. The predicted molar refractivity (Wildman–Crippen MR) is 87.9 cm³/mol. The number of carbonyl (C=O) groups is 1. The van der Waals surface area contributed by atoms with Crippen molar-refractivity contribution in [3.05, 3.63) is 46.7 Å². The van der Waals surface area contributed by atoms with Crippen molar-refractivity contribution in [2.24, 2.45) is 0 Å². The van der Waals surface area contributed by atoms with Gasteiger partial charge in [-0.05, 0) is 39.0 Å². The molecule has 0 fully saturated rings. The summed E-state index contributed by atoms with van der Waals surface area (Å²) in [5.74, 6) is -0.449. The Kier molecular flexibility index (Phi) is 4.50. The van der Waals surface area contributed by atoms with Crippen LogP contribution in [0.25, 0.3) is 11.3 Å². The standard InChI is InChI=1S/C17H14F4N4O2/c1-8-14(22-23-16(8)17(19,20)21)12-5-4-11(6-13(12)18)25(7-26)15-9(2)24-27-10(15)3/h4-7H,1-3H3,(H,22,23). The van der Waals surface area contributed by atoms with Crippen LogP contribution in [0.4, 0.5) is 28.9 Å². The van der Waals surface area contributed by atoms with E-state index in [-0.39, 0.29) is 22.5 Å². The Morgan fingerprint density at radius 2 is 1.93 bits per heavy atom. The van der Waals surface area contributed by atoms with Crippen molar-refractivity contribution in [2.75, 3.05) is 4.90 Å². The summed E-state index contributed by atoms with van der Waals surface area (Å²) in [5, 5.41) is 9.21. The van der Waals surface area contributed by atoms with Crippen molar-refractivity contribution in [1.82, 2.24) is 15.4 Å². The number of hydrogen-bond acceptors (Lipinski definition) is 4. The summed E-state index contributed by atoms with van der Waals surface area (Å²) in [7, 11) is 0. The largest absolute Gasteiger partial charge is 0.435 e. The molecular formula is C17H14F4N4O2. The van der Waals surface area contributed by atoms with Gasteiger partial charge in [0.2, 0.25) is 6.41 Å². The number of amides is 1. The van der Waals surface area contributed by atoms with Gasteiger partial charge >= 0.3 is 6.18 Å². The van der Waals surface area contributed by atoms with E-state index in [0.29, 0.717) is 23.6 Å². The minimum atomic E-state index is -4.65. The molecule has 0 bridgehead atoms. The van der Waals surface area contributed by atoms with Crippen molar-refractivity contribution in [3.8, 4) is 11.3 Å². The quantitative estimate of drug-likeness (QED) is 0.535. The monoisotopic (exact) mass is 382 g/mol. The molecule has 0 radical (unpaired) electrons. The molecule has 1 amide bonds. The maximum Gasteiger partial charge on any atom is 0.435 e. The number of carbonyl (C=O) groups excluding carboxylic acids is 1. The summed E-state index contributed by atoms with van der Waals surface area (Å²) in [6.07, 6.45) is -4.17. The number of halogens is 4. The van der Waals surface area contributed by atoms with Crippen molar-refractivity contribution in [2.45, 2.75) is 26.9 Å². The van der Waals surface area contributed by atoms with Gasteiger partial charge in [-0.3, -0.25) is 14.8 Å². The molecule has 0 atom stereocenters. The topological polar surface area (TPSA) is 75.0 Å². The van der Waals surface area contributed by atoms with E-state index in [1.54, 1.807) is 13.8 Å². The lowest BCUT2D eigenvalue weighted by molar-refractivity contribution is -0.141. The molecule has 10 heteroatoms. The first-order valence-electron chi connectivity index (χ1n) is 7.74. The first kappa shape index (κ1) is 18.6. The second kappa shape index (κ2) is 6.53. The molecule has 1 N–H and O–H groups in total. The Bertz CT molecular complexity index is 988. The zero-order valence-electron chi connectivity index (χ0n) is 14.5. The number of benzene rings is 1. The molecule has 3 aromatic rings. The van der Waals surface area contributed by atoms with E-state index in [1.807, 2.05) is 0 Å². The summed E-state index contributed by atoms with van der Waals surface area (Å²) in [6, 6.07) is 3.73. The lowest BCUT2D eigenvalue weighted by Crippen LogP contribution is -2.15. The van der Waals surface area contributed by atoms with Crippen LogP contribution in [0.1, 0.15) is 22.7 Å². The van der Waals surface area contributed by atoms with Crippen LogP contribution in [-0.4, -0.2) is 21.8 Å². The third-order valence-corrected chi connectivity index (χ3v) is 4.12. The Balaban J connectivity index is 2.04. The van der Waals surface area contributed by atoms with Gasteiger partial charge in [0.1, 0.15) is 17.2 Å². The highest BCUT2D eigenvalue weighted by atomic mass is 19.4. The zero-order valence-corrected chi connectivity index (χ0v) is 14.5. The maximum absolute atomic E-state index is 14.7. The Hall–Kier alpha value is -3.17. The van der Waals surface area contributed by atoms with Crippen LogP contribution in [0.5, 0.6) is 0 Å². The maximum atomic E-state index is 14.7. The molecule has 142 valence electrons. The van der Waals surface area contributed by atoms with Gasteiger partial charge in [0.15, 0.2) is 11.5 Å². The average molecular weight is 382 g/mol. The zero-order chi connectivity index (χ0) is 19.9. The highest BCUT2D eigenvalue weighted by molar-refractivity contribution is 5.88. The molecule has 0 spiro atoms. The van der Waals surface area contributed by atoms with Gasteiger partial charge < -0.3 is 4.52 Å². The van der Waals surface area contributed by atoms with Gasteiger partial charge in [-0.1, -0.05) is 5.16 Å². The van der Waals surface area contributed by atoms with E-state index in [1.165, 1.54) is 19.1 Å². The first-order valence-corrected chi connectivity index (χ1v) is 7.74. The second-order valence-corrected chi connectivity index (χ2v) is 5.88. The third-order valence-electron chi connectivity index (χ3n) is 4.12. The number of H-pyrrole nitrogens is 1. The lowest BCUT2D eigenvalue weighted by atomic mass is 10.1. The van der Waals surface area contributed by atoms with Crippen LogP contribution in [0.3, 0.4) is 0 Å². The SMILES string of the molecule is Cc1noc(C)c1N(C=O)c1ccc(-c2[nH]nc(C(F)(F)F)c2C)c(F)c1. The van der Waals surface area contributed by atoms with Gasteiger partial charge in [-0.15, -0.1) is 0 Å². The number of anilines is 2. The predicted octanol–water partition coefficient (Wildman–Crippen LogP) is 4.44. The number of alkyl halides is 3. The molecule has 1 aromatic carbocycles. The van der Waals surface area contributed by atoms with Crippen molar-refractivity contribution < 1.29 is 26.9 Å². The minimum absolute atomic E-state index is 0.0821. The molecule has 0 aliphatic carbocycles. The lowest BCUT2D eigenvalue weighted by Gasteiger charge is -2.17. The van der Waals surface area contributed by atoms with Crippen LogP contribution in [0, 0.1) is 26.6 Å². The van der Waals surface area contributed by atoms with Crippen molar-refractivity contribution in [3.63, 3.8) is 0 Å². The first-order chi connectivity index (χ1) is 12.6. The van der Waals surface area contributed by atoms with Crippen LogP contribution in [0.15, 0.2) is 22.7 Å². The molecule has 0 aliphatic heterocycles. The summed E-state index contributed by atoms with van der Waals surface area (Å²) in [5.41, 5.74) is -0.519. The van der Waals surface area contributed by atoms with E-state index in [9.17, 15) is 22.4 Å². The minimum Gasteiger partial charge on any atom is -0.359 e. The smallest absolute Gasteiger partial charge is 0.359 e. The fraction of sp³-hybridized carbons (Fsp3) is 0.235. The van der Waals surface area contributed by atoms with Crippen molar-refractivity contribution in [1.29, 1.82) is 0 Å². The molecule has 2 aromatic heterocycles. The molecule has 6 nitrogen and oxygen atoms in total. The van der Waals surface area contributed by atoms with Gasteiger partial charge in [0, 0.05) is 11.1 Å². The van der Waals surface area contributed by atoms with Crippen LogP contribution in [0.2, 0.25) is 0 Å². The average Bonchev–Trinajstić information content (AvgIpc) is 3.13. The highest BCUT2D eigenvalue weighted by Crippen LogP contribution is 2.37. The molecule has 0 saturated heterocycles. The highest BCUT2D eigenvalue weighted by Gasteiger charge is 2.37. The van der Waals surface area contributed by atoms with Gasteiger partial charge in [0.05, 0.1) is 11.4 Å². The number of aromatic amines is 1. The van der Waals surface area contributed by atoms with Crippen LogP contribution >= 0.6 is 0 Å². The molecule has 2 heterocycles. The number of nitrogens with one attached hydrogen (secondary N) is 1. The number of rotatable bonds is 4. The summed E-state index contributed by atoms with van der Waals surface area (Å²) >= 11 is 0. The molecule has 0 saturated carbocycles. The van der Waals surface area contributed by atoms with E-state index in [4.69, 9.17) is 4.52 Å². The molecule has 0 unspecified atom stereocenters. The Morgan fingerprint density at radius 1 is 1.22 bits per heavy atom. The van der Waals surface area contributed by atoms with Crippen molar-refractivity contribution >= 4 is 17.8 Å². The summed E-state index contributed by atoms with van der Waals surface area (Å²) < 4.78 is 58.3. The number of nitrogens with zero attached hydrogens (tertiary/aromatic N) is 3. The Labute approximate surface area is 150 Å². The summed E-state index contributed by atoms with van der Waals surface area (Å²) in [6.45, 7) is 4.43. The fourth-order valence-corrected chi connectivity index (χ4v) is 2.86. The number of aryl methyl sites for hydroxylation is 2. The van der Waals surface area contributed by atoms with Gasteiger partial charge in [-0.2, -0.15) is 18.3 Å². The number of aromatic nitrogens is 3. The van der Waals surface area contributed by atoms with E-state index >= 15 is 0 Å². The molecular weight excluding hydrogens is 368 g/mol. The summed E-state index contributed by atoms with van der Waals surface area (Å²) in [4.78, 5) is 12.7. The van der Waals surface area contributed by atoms with Crippen LogP contribution in [-0.2, 0) is 11.0 Å². The normalized spacial score (nSPS) is 11.7. The van der Waals surface area contributed by atoms with Gasteiger partial charge in [0.25, 0.3) is 0 Å². The van der Waals surface area contributed by atoms with E-state index < -0.39 is 17.7 Å². The third kappa shape index (κ3) is 3.18. The second-order valence-electron chi connectivity index (χ2n) is 5.88. The van der Waals surface area contributed by atoms with Crippen LogP contribution < -0.4 is 4.90 Å². The number of hydrogen-bond donors (Lipinski definition) is 1.